The molecule has 0 aliphatic rings. The minimum atomic E-state index is -0.606. The van der Waals surface area contributed by atoms with Crippen molar-refractivity contribution in [3.05, 3.63) is 89.0 Å². The van der Waals surface area contributed by atoms with Gasteiger partial charge in [0, 0.05) is 43.9 Å². The van der Waals surface area contributed by atoms with Gasteiger partial charge in [0.1, 0.15) is 18.5 Å². The maximum atomic E-state index is 10.6. The number of rotatable bonds is 9. The van der Waals surface area contributed by atoms with E-state index in [1.807, 2.05) is 56.4 Å². The first-order valence-electron chi connectivity index (χ1n) is 9.91. The monoisotopic (exact) mass is 391 g/mol. The molecule has 3 aromatic rings. The summed E-state index contributed by atoms with van der Waals surface area (Å²) in [6.45, 7) is 8.29. The molecule has 0 bridgehead atoms. The summed E-state index contributed by atoms with van der Waals surface area (Å²) in [5.41, 5.74) is 5.69. The minimum Gasteiger partial charge on any atom is -0.491 e. The van der Waals surface area contributed by atoms with Gasteiger partial charge in [0.25, 0.3) is 0 Å². The van der Waals surface area contributed by atoms with Gasteiger partial charge in [-0.1, -0.05) is 23.8 Å². The van der Waals surface area contributed by atoms with Crippen LogP contribution in [-0.2, 0) is 13.1 Å². The number of aliphatic hydroxyl groups excluding tert-OH is 1. The summed E-state index contributed by atoms with van der Waals surface area (Å²) in [5, 5.41) is 10.6. The van der Waals surface area contributed by atoms with E-state index in [0.717, 1.165) is 22.6 Å². The van der Waals surface area contributed by atoms with Crippen molar-refractivity contribution in [2.45, 2.75) is 40.0 Å². The smallest absolute Gasteiger partial charge is 0.119 e. The predicted octanol–water partition coefficient (Wildman–Crippen LogP) is 3.84. The fourth-order valence-electron chi connectivity index (χ4n) is 3.19. The predicted molar refractivity (Wildman–Crippen MR) is 115 cm³/mol. The van der Waals surface area contributed by atoms with Gasteiger partial charge in [-0.3, -0.25) is 14.9 Å². The number of hydrogen-bond donors (Lipinski definition) is 1. The number of aromatic nitrogens is 2. The molecular weight excluding hydrogens is 362 g/mol. The van der Waals surface area contributed by atoms with Crippen molar-refractivity contribution in [3.8, 4) is 5.75 Å². The normalized spacial score (nSPS) is 12.2. The van der Waals surface area contributed by atoms with Crippen LogP contribution in [0.2, 0.25) is 0 Å². The molecule has 2 aromatic heterocycles. The van der Waals surface area contributed by atoms with Crippen LogP contribution in [0.5, 0.6) is 5.75 Å². The first-order valence-corrected chi connectivity index (χ1v) is 9.91. The molecule has 2 heterocycles. The second kappa shape index (κ2) is 10.1. The van der Waals surface area contributed by atoms with Crippen LogP contribution in [0.3, 0.4) is 0 Å². The average molecular weight is 392 g/mol. The Bertz CT molecular complexity index is 865. The van der Waals surface area contributed by atoms with Crippen LogP contribution >= 0.6 is 0 Å². The Labute approximate surface area is 173 Å². The number of nitrogens with zero attached hydrogens (tertiary/aromatic N) is 3. The molecule has 5 heteroatoms. The van der Waals surface area contributed by atoms with Crippen molar-refractivity contribution < 1.29 is 9.84 Å². The van der Waals surface area contributed by atoms with E-state index < -0.39 is 6.10 Å². The lowest BCUT2D eigenvalue weighted by Gasteiger charge is -2.26. The van der Waals surface area contributed by atoms with E-state index in [1.54, 1.807) is 12.4 Å². The summed E-state index contributed by atoms with van der Waals surface area (Å²) in [7, 11) is 0. The first kappa shape index (κ1) is 21.0. The molecule has 29 heavy (non-hydrogen) atoms. The van der Waals surface area contributed by atoms with Gasteiger partial charge in [0.15, 0.2) is 0 Å². The van der Waals surface area contributed by atoms with Gasteiger partial charge in [-0.25, -0.2) is 0 Å². The van der Waals surface area contributed by atoms with Gasteiger partial charge in [0.05, 0.1) is 0 Å². The van der Waals surface area contributed by atoms with Gasteiger partial charge in [-0.2, -0.15) is 0 Å². The summed E-state index contributed by atoms with van der Waals surface area (Å²) in [6, 6.07) is 13.9. The Balaban J connectivity index is 1.67. The van der Waals surface area contributed by atoms with E-state index in [9.17, 15) is 5.11 Å². The number of pyridine rings is 2. The van der Waals surface area contributed by atoms with E-state index in [2.05, 4.69) is 27.9 Å². The fourth-order valence-corrected chi connectivity index (χ4v) is 3.19. The summed E-state index contributed by atoms with van der Waals surface area (Å²) < 4.78 is 5.77. The molecule has 5 nitrogen and oxygen atoms in total. The van der Waals surface area contributed by atoms with E-state index in [0.29, 0.717) is 19.6 Å². The summed E-state index contributed by atoms with van der Waals surface area (Å²) in [6.07, 6.45) is 4.90. The maximum absolute atomic E-state index is 10.6. The number of aliphatic hydroxyl groups is 1. The average Bonchev–Trinajstić information content (AvgIpc) is 2.71. The van der Waals surface area contributed by atoms with Crippen LogP contribution in [0.25, 0.3) is 0 Å². The largest absolute Gasteiger partial charge is 0.491 e. The summed E-state index contributed by atoms with van der Waals surface area (Å²) >= 11 is 0. The van der Waals surface area contributed by atoms with Gasteiger partial charge in [-0.15, -0.1) is 0 Å². The third-order valence-corrected chi connectivity index (χ3v) is 4.98. The van der Waals surface area contributed by atoms with Crippen LogP contribution < -0.4 is 4.74 Å². The van der Waals surface area contributed by atoms with E-state index in [-0.39, 0.29) is 6.61 Å². The van der Waals surface area contributed by atoms with Crippen molar-refractivity contribution in [1.82, 2.24) is 14.9 Å². The highest BCUT2D eigenvalue weighted by Gasteiger charge is 2.16. The highest BCUT2D eigenvalue weighted by molar-refractivity contribution is 5.26. The number of hydrogen-bond acceptors (Lipinski definition) is 5. The van der Waals surface area contributed by atoms with Gasteiger partial charge in [-0.05, 0) is 61.7 Å². The molecule has 0 saturated heterocycles. The Morgan fingerprint density at radius 3 is 2.45 bits per heavy atom. The molecule has 0 spiro atoms. The lowest BCUT2D eigenvalue weighted by molar-refractivity contribution is 0.0626. The Morgan fingerprint density at radius 2 is 1.72 bits per heavy atom. The van der Waals surface area contributed by atoms with E-state index in [4.69, 9.17) is 4.74 Å². The van der Waals surface area contributed by atoms with Gasteiger partial charge >= 0.3 is 0 Å². The lowest BCUT2D eigenvalue weighted by Crippen LogP contribution is -2.35. The molecule has 3 rings (SSSR count). The molecule has 1 unspecified atom stereocenters. The van der Waals surface area contributed by atoms with Crippen molar-refractivity contribution >= 4 is 0 Å². The molecule has 1 atom stereocenters. The molecule has 0 fully saturated rings. The van der Waals surface area contributed by atoms with Crippen molar-refractivity contribution in [2.24, 2.45) is 0 Å². The van der Waals surface area contributed by atoms with Crippen LogP contribution in [0, 0.1) is 20.8 Å². The Kier molecular flexibility index (Phi) is 7.33. The number of ether oxygens (including phenoxy) is 1. The standard InChI is InChI=1S/C24H29N3O2/c1-18-6-8-24(9-7-18)29-17-23(28)16-27(14-21-5-4-11-26-20(21)3)15-22-13-25-12-10-19(22)2/h4-13,23,28H,14-17H2,1-3H3. The first-order chi connectivity index (χ1) is 14.0. The van der Waals surface area contributed by atoms with Crippen molar-refractivity contribution in [3.63, 3.8) is 0 Å². The summed E-state index contributed by atoms with van der Waals surface area (Å²) in [5.74, 6) is 0.771. The highest BCUT2D eigenvalue weighted by Crippen LogP contribution is 2.16. The molecule has 1 N–H and O–H groups in total. The van der Waals surface area contributed by atoms with Crippen LogP contribution in [-0.4, -0.2) is 39.2 Å². The van der Waals surface area contributed by atoms with Crippen molar-refractivity contribution in [2.75, 3.05) is 13.2 Å². The van der Waals surface area contributed by atoms with Crippen molar-refractivity contribution in [1.29, 1.82) is 0 Å². The Morgan fingerprint density at radius 1 is 0.966 bits per heavy atom. The topological polar surface area (TPSA) is 58.5 Å². The van der Waals surface area contributed by atoms with E-state index >= 15 is 0 Å². The second-order valence-electron chi connectivity index (χ2n) is 7.50. The fraction of sp³-hybridized carbons (Fsp3) is 0.333. The van der Waals surface area contributed by atoms with Crippen LogP contribution in [0.15, 0.2) is 61.1 Å². The molecule has 1 aromatic carbocycles. The molecule has 0 aliphatic heterocycles. The molecular formula is C24H29N3O2. The van der Waals surface area contributed by atoms with Gasteiger partial charge < -0.3 is 9.84 Å². The minimum absolute atomic E-state index is 0.248. The lowest BCUT2D eigenvalue weighted by atomic mass is 10.1. The number of aryl methyl sites for hydroxylation is 3. The molecule has 0 radical (unpaired) electrons. The third-order valence-electron chi connectivity index (χ3n) is 4.98. The zero-order chi connectivity index (χ0) is 20.6. The van der Waals surface area contributed by atoms with Gasteiger partial charge in [0.2, 0.25) is 0 Å². The zero-order valence-electron chi connectivity index (χ0n) is 17.4. The van der Waals surface area contributed by atoms with Crippen LogP contribution in [0.1, 0.15) is 27.9 Å². The Hall–Kier alpha value is -2.76. The third kappa shape index (κ3) is 6.38. The SMILES string of the molecule is Cc1ccc(OCC(O)CN(Cc2cnccc2C)Cc2cccnc2C)cc1. The van der Waals surface area contributed by atoms with Crippen LogP contribution in [0.4, 0.5) is 0 Å². The quantitative estimate of drug-likeness (QED) is 0.600. The highest BCUT2D eigenvalue weighted by atomic mass is 16.5. The summed E-state index contributed by atoms with van der Waals surface area (Å²) in [4.78, 5) is 10.9. The number of benzene rings is 1. The second-order valence-corrected chi connectivity index (χ2v) is 7.50. The molecule has 0 saturated carbocycles. The maximum Gasteiger partial charge on any atom is 0.119 e. The molecule has 0 aliphatic carbocycles. The van der Waals surface area contributed by atoms with E-state index in [1.165, 1.54) is 11.1 Å². The zero-order valence-corrected chi connectivity index (χ0v) is 17.4. The molecule has 152 valence electrons. The molecule has 0 amide bonds.